The van der Waals surface area contributed by atoms with Gasteiger partial charge in [0.1, 0.15) is 6.61 Å². The van der Waals surface area contributed by atoms with Gasteiger partial charge < -0.3 is 9.64 Å². The summed E-state index contributed by atoms with van der Waals surface area (Å²) in [6.07, 6.45) is 53.9. The Kier molecular flexibility index (Phi) is 35.8. The molecule has 0 atom stereocenters. The molecule has 0 unspecified atom stereocenters. The average molecular weight is 697 g/mol. The van der Waals surface area contributed by atoms with Crippen LogP contribution in [-0.2, 0) is 9.53 Å². The zero-order valence-electron chi connectivity index (χ0n) is 33.6. The van der Waals surface area contributed by atoms with Crippen LogP contribution in [0.3, 0.4) is 0 Å². The Morgan fingerprint density at radius 2 is 0.940 bits per heavy atom. The van der Waals surface area contributed by atoms with E-state index in [2.05, 4.69) is 72.3 Å². The number of hydrogen-bond donors (Lipinski definition) is 0. The summed E-state index contributed by atoms with van der Waals surface area (Å²) >= 11 is 0. The number of rotatable bonds is 37. The number of esters is 1. The summed E-state index contributed by atoms with van der Waals surface area (Å²) in [5, 5.41) is 0. The molecule has 1 rings (SSSR count). The quantitative estimate of drug-likeness (QED) is 0.0368. The Balaban J connectivity index is 2.16. The minimum atomic E-state index is -0.00779. The van der Waals surface area contributed by atoms with E-state index in [4.69, 9.17) is 4.74 Å². The summed E-state index contributed by atoms with van der Waals surface area (Å²) in [5.74, 6) is -0.00779. The van der Waals surface area contributed by atoms with Gasteiger partial charge in [0.15, 0.2) is 0 Å². The van der Waals surface area contributed by atoms with Crippen LogP contribution in [0.25, 0.3) is 0 Å². The summed E-state index contributed by atoms with van der Waals surface area (Å²) in [6, 6.07) is 0. The number of likely N-dealkylation sites (tertiary alicyclic amines) is 1. The molecule has 1 saturated heterocycles. The maximum Gasteiger partial charge on any atom is 0.305 e. The molecule has 4 heteroatoms. The highest BCUT2D eigenvalue weighted by molar-refractivity contribution is 5.69. The van der Waals surface area contributed by atoms with Crippen LogP contribution in [-0.4, -0.2) is 61.6 Å². The first-order valence-corrected chi connectivity index (χ1v) is 22.0. The van der Waals surface area contributed by atoms with E-state index in [1.54, 1.807) is 0 Å². The highest BCUT2D eigenvalue weighted by Gasteiger charge is 2.12. The second-order valence-corrected chi connectivity index (χ2v) is 14.9. The molecule has 0 radical (unpaired) electrons. The minimum absolute atomic E-state index is 0.00779. The van der Waals surface area contributed by atoms with Gasteiger partial charge in [0.25, 0.3) is 0 Å². The van der Waals surface area contributed by atoms with Gasteiger partial charge in [-0.05, 0) is 129 Å². The van der Waals surface area contributed by atoms with Crippen molar-refractivity contribution in [2.24, 2.45) is 0 Å². The molecule has 1 aliphatic heterocycles. The van der Waals surface area contributed by atoms with Crippen LogP contribution < -0.4 is 0 Å². The SMILES string of the molecule is CCCCC/C=C\C/C=C\CCCCCCCCN(CCCCCCCC/C=C\C/C=C\CCCCC)CCOC(=O)CCCN1CCCC1. The molecule has 1 fully saturated rings. The van der Waals surface area contributed by atoms with Crippen molar-refractivity contribution >= 4 is 5.97 Å². The predicted octanol–water partition coefficient (Wildman–Crippen LogP) is 13.3. The molecule has 0 aromatic rings. The Hall–Kier alpha value is -1.65. The smallest absolute Gasteiger partial charge is 0.305 e. The number of nitrogens with zero attached hydrogens (tertiary/aromatic N) is 2. The van der Waals surface area contributed by atoms with Gasteiger partial charge in [-0.15, -0.1) is 0 Å². The topological polar surface area (TPSA) is 32.8 Å². The molecule has 0 aliphatic carbocycles. The molecule has 0 aromatic heterocycles. The maximum atomic E-state index is 12.4. The summed E-state index contributed by atoms with van der Waals surface area (Å²) in [4.78, 5) is 17.4. The summed E-state index contributed by atoms with van der Waals surface area (Å²) in [7, 11) is 0. The Bertz CT molecular complexity index is 778. The van der Waals surface area contributed by atoms with Crippen molar-refractivity contribution in [2.75, 3.05) is 45.9 Å². The fourth-order valence-electron chi connectivity index (χ4n) is 6.80. The van der Waals surface area contributed by atoms with Crippen molar-refractivity contribution in [1.29, 1.82) is 0 Å². The van der Waals surface area contributed by atoms with E-state index >= 15 is 0 Å². The molecule has 0 bridgehead atoms. The van der Waals surface area contributed by atoms with Gasteiger partial charge >= 0.3 is 5.97 Å². The van der Waals surface area contributed by atoms with Gasteiger partial charge in [0, 0.05) is 13.0 Å². The van der Waals surface area contributed by atoms with Crippen LogP contribution in [0.5, 0.6) is 0 Å². The lowest BCUT2D eigenvalue weighted by Gasteiger charge is -2.22. The van der Waals surface area contributed by atoms with Gasteiger partial charge in [0.05, 0.1) is 0 Å². The normalized spacial score (nSPS) is 14.2. The van der Waals surface area contributed by atoms with E-state index in [-0.39, 0.29) is 5.97 Å². The van der Waals surface area contributed by atoms with Gasteiger partial charge in [-0.2, -0.15) is 0 Å². The molecule has 0 aromatic carbocycles. The first-order chi connectivity index (χ1) is 24.8. The van der Waals surface area contributed by atoms with Gasteiger partial charge in [-0.25, -0.2) is 0 Å². The molecular formula is C46H84N2O2. The molecule has 0 spiro atoms. The average Bonchev–Trinajstić information content (AvgIpc) is 3.64. The number of carbonyl (C=O) groups excluding carboxylic acids is 1. The second kappa shape index (κ2) is 38.6. The number of allylic oxidation sites excluding steroid dienone is 8. The van der Waals surface area contributed by atoms with Crippen molar-refractivity contribution in [2.45, 2.75) is 194 Å². The van der Waals surface area contributed by atoms with Crippen LogP contribution in [0, 0.1) is 0 Å². The molecular weight excluding hydrogens is 613 g/mol. The zero-order chi connectivity index (χ0) is 35.8. The lowest BCUT2D eigenvalue weighted by molar-refractivity contribution is -0.144. The van der Waals surface area contributed by atoms with E-state index in [1.807, 2.05) is 0 Å². The monoisotopic (exact) mass is 697 g/mol. The number of carbonyl (C=O) groups is 1. The molecule has 0 N–H and O–H groups in total. The van der Waals surface area contributed by atoms with Gasteiger partial charge in [0.2, 0.25) is 0 Å². The third-order valence-corrected chi connectivity index (χ3v) is 10.1. The minimum Gasteiger partial charge on any atom is -0.464 e. The molecule has 50 heavy (non-hydrogen) atoms. The molecule has 1 heterocycles. The van der Waals surface area contributed by atoms with Crippen molar-refractivity contribution in [1.82, 2.24) is 9.80 Å². The molecule has 4 nitrogen and oxygen atoms in total. The third-order valence-electron chi connectivity index (χ3n) is 10.1. The van der Waals surface area contributed by atoms with E-state index < -0.39 is 0 Å². The van der Waals surface area contributed by atoms with Crippen molar-refractivity contribution in [3.8, 4) is 0 Å². The lowest BCUT2D eigenvalue weighted by Crippen LogP contribution is -2.30. The second-order valence-electron chi connectivity index (χ2n) is 14.9. The van der Waals surface area contributed by atoms with Crippen molar-refractivity contribution in [3.05, 3.63) is 48.6 Å². The van der Waals surface area contributed by atoms with Crippen LogP contribution in [0.1, 0.15) is 194 Å². The van der Waals surface area contributed by atoms with E-state index in [9.17, 15) is 4.79 Å². The number of unbranched alkanes of at least 4 members (excludes halogenated alkanes) is 18. The Morgan fingerprint density at radius 3 is 1.40 bits per heavy atom. The number of ether oxygens (including phenoxy) is 1. The summed E-state index contributed by atoms with van der Waals surface area (Å²) < 4.78 is 5.69. The van der Waals surface area contributed by atoms with Crippen LogP contribution in [0.15, 0.2) is 48.6 Å². The number of hydrogen-bond acceptors (Lipinski definition) is 4. The van der Waals surface area contributed by atoms with Crippen molar-refractivity contribution in [3.63, 3.8) is 0 Å². The van der Waals surface area contributed by atoms with Gasteiger partial charge in [-0.3, -0.25) is 9.69 Å². The molecule has 0 amide bonds. The van der Waals surface area contributed by atoms with Crippen LogP contribution >= 0.6 is 0 Å². The molecule has 290 valence electrons. The van der Waals surface area contributed by atoms with Crippen LogP contribution in [0.4, 0.5) is 0 Å². The standard InChI is InChI=1S/C46H84N2O2/c1-3-5-7-9-11-13-15-17-19-21-23-25-27-29-31-33-39-48(44-45-50-46(49)38-37-43-47-41-35-36-42-47)40-34-32-30-28-26-24-22-20-18-16-14-12-10-8-6-4-2/h11-14,17-20H,3-10,15-16,21-45H2,1-2H3/b13-11-,14-12-,19-17-,20-18-. The first kappa shape index (κ1) is 46.4. The highest BCUT2D eigenvalue weighted by Crippen LogP contribution is 2.12. The van der Waals surface area contributed by atoms with Gasteiger partial charge in [-0.1, -0.05) is 140 Å². The Labute approximate surface area is 312 Å². The fourth-order valence-corrected chi connectivity index (χ4v) is 6.80. The predicted molar refractivity (Wildman–Crippen MR) is 221 cm³/mol. The molecule has 1 aliphatic rings. The summed E-state index contributed by atoms with van der Waals surface area (Å²) in [5.41, 5.74) is 0. The lowest BCUT2D eigenvalue weighted by atomic mass is 10.1. The summed E-state index contributed by atoms with van der Waals surface area (Å²) in [6.45, 7) is 11.7. The highest BCUT2D eigenvalue weighted by atomic mass is 16.5. The third kappa shape index (κ3) is 33.5. The van der Waals surface area contributed by atoms with Crippen molar-refractivity contribution < 1.29 is 9.53 Å². The maximum absolute atomic E-state index is 12.4. The van der Waals surface area contributed by atoms with E-state index in [1.165, 1.54) is 167 Å². The largest absolute Gasteiger partial charge is 0.464 e. The van der Waals surface area contributed by atoms with E-state index in [0.29, 0.717) is 13.0 Å². The fraction of sp³-hybridized carbons (Fsp3) is 0.804. The van der Waals surface area contributed by atoms with Crippen LogP contribution in [0.2, 0.25) is 0 Å². The molecule has 0 saturated carbocycles. The zero-order valence-corrected chi connectivity index (χ0v) is 33.6. The first-order valence-electron chi connectivity index (χ1n) is 22.0. The Morgan fingerprint density at radius 1 is 0.520 bits per heavy atom. The van der Waals surface area contributed by atoms with E-state index in [0.717, 1.165) is 45.4 Å².